The number of nitrogen functional groups attached to an aromatic ring is 1. The first kappa shape index (κ1) is 13.8. The molecule has 104 valence electrons. The number of amides is 1. The fourth-order valence-electron chi connectivity index (χ4n) is 2.49. The Kier molecular flexibility index (Phi) is 4.37. The van der Waals surface area contributed by atoms with E-state index in [4.69, 9.17) is 5.73 Å². The van der Waals surface area contributed by atoms with Crippen molar-refractivity contribution >= 4 is 11.6 Å². The number of carbonyl (C=O) groups excluding carboxylic acids is 1. The molecule has 1 aromatic carbocycles. The van der Waals surface area contributed by atoms with Crippen molar-refractivity contribution in [1.82, 2.24) is 10.2 Å². The third-order valence-corrected chi connectivity index (χ3v) is 3.51. The van der Waals surface area contributed by atoms with E-state index in [2.05, 4.69) is 17.3 Å². The van der Waals surface area contributed by atoms with Gasteiger partial charge in [-0.2, -0.15) is 0 Å². The number of nitrogens with two attached hydrogens (primary N) is 1. The van der Waals surface area contributed by atoms with Gasteiger partial charge in [0.25, 0.3) is 5.91 Å². The molecule has 0 radical (unpaired) electrons. The Balaban J connectivity index is 1.92. The maximum Gasteiger partial charge on any atom is 0.254 e. The first-order chi connectivity index (χ1) is 9.06. The molecule has 1 heterocycles. The van der Waals surface area contributed by atoms with Gasteiger partial charge in [-0.05, 0) is 50.6 Å². The Bertz CT molecular complexity index is 464. The van der Waals surface area contributed by atoms with E-state index < -0.39 is 11.7 Å². The summed E-state index contributed by atoms with van der Waals surface area (Å²) in [4.78, 5) is 14.2. The molecule has 3 N–H and O–H groups in total. The Morgan fingerprint density at radius 3 is 3.11 bits per heavy atom. The van der Waals surface area contributed by atoms with Gasteiger partial charge in [0, 0.05) is 18.8 Å². The summed E-state index contributed by atoms with van der Waals surface area (Å²) in [6.07, 6.45) is 2.24. The summed E-state index contributed by atoms with van der Waals surface area (Å²) in [5.41, 5.74) is 5.98. The molecule has 1 aliphatic rings. The van der Waals surface area contributed by atoms with E-state index in [1.165, 1.54) is 18.2 Å². The van der Waals surface area contributed by atoms with Crippen LogP contribution in [-0.2, 0) is 0 Å². The number of hydrogen-bond donors (Lipinski definition) is 2. The molecule has 0 saturated carbocycles. The van der Waals surface area contributed by atoms with Crippen LogP contribution in [0, 0.1) is 11.7 Å². The summed E-state index contributed by atoms with van der Waals surface area (Å²) in [5, 5.41) is 2.80. The van der Waals surface area contributed by atoms with Gasteiger partial charge in [0.1, 0.15) is 5.82 Å². The van der Waals surface area contributed by atoms with Gasteiger partial charge in [0.15, 0.2) is 0 Å². The van der Waals surface area contributed by atoms with Crippen LogP contribution in [0.3, 0.4) is 0 Å². The third kappa shape index (κ3) is 3.67. The molecule has 1 saturated heterocycles. The van der Waals surface area contributed by atoms with Crippen LogP contribution < -0.4 is 11.1 Å². The molecule has 2 rings (SSSR count). The molecule has 4 nitrogen and oxygen atoms in total. The highest BCUT2D eigenvalue weighted by Gasteiger charge is 2.19. The maximum atomic E-state index is 13.5. The van der Waals surface area contributed by atoms with Gasteiger partial charge in [-0.3, -0.25) is 4.79 Å². The molecule has 5 heteroatoms. The van der Waals surface area contributed by atoms with Crippen molar-refractivity contribution in [2.45, 2.75) is 12.8 Å². The van der Waals surface area contributed by atoms with Crippen LogP contribution in [0.2, 0.25) is 0 Å². The molecular formula is C14H20FN3O. The van der Waals surface area contributed by atoms with Gasteiger partial charge in [-0.25, -0.2) is 4.39 Å². The number of hydrogen-bond acceptors (Lipinski definition) is 3. The number of nitrogens with zero attached hydrogens (tertiary/aromatic N) is 1. The van der Waals surface area contributed by atoms with Crippen LogP contribution in [0.5, 0.6) is 0 Å². The number of halogens is 1. The molecule has 1 atom stereocenters. The highest BCUT2D eigenvalue weighted by atomic mass is 19.1. The van der Waals surface area contributed by atoms with E-state index in [0.29, 0.717) is 18.2 Å². The number of benzene rings is 1. The van der Waals surface area contributed by atoms with Gasteiger partial charge in [0.2, 0.25) is 0 Å². The van der Waals surface area contributed by atoms with E-state index in [9.17, 15) is 9.18 Å². The minimum absolute atomic E-state index is 0.0177. The van der Waals surface area contributed by atoms with E-state index in [-0.39, 0.29) is 5.56 Å². The fourth-order valence-corrected chi connectivity index (χ4v) is 2.49. The van der Waals surface area contributed by atoms with Crippen molar-refractivity contribution in [1.29, 1.82) is 0 Å². The zero-order valence-electron chi connectivity index (χ0n) is 11.2. The highest BCUT2D eigenvalue weighted by Crippen LogP contribution is 2.15. The lowest BCUT2D eigenvalue weighted by molar-refractivity contribution is 0.0933. The molecule has 1 fully saturated rings. The average Bonchev–Trinajstić information content (AvgIpc) is 2.39. The van der Waals surface area contributed by atoms with Gasteiger partial charge in [0.05, 0.1) is 5.56 Å². The lowest BCUT2D eigenvalue weighted by Crippen LogP contribution is -2.39. The Labute approximate surface area is 112 Å². The minimum atomic E-state index is -0.535. The number of carbonyl (C=O) groups is 1. The van der Waals surface area contributed by atoms with Gasteiger partial charge in [-0.15, -0.1) is 0 Å². The smallest absolute Gasteiger partial charge is 0.254 e. The van der Waals surface area contributed by atoms with Crippen molar-refractivity contribution < 1.29 is 9.18 Å². The average molecular weight is 265 g/mol. The molecule has 1 aromatic rings. The summed E-state index contributed by atoms with van der Waals surface area (Å²) < 4.78 is 13.5. The second-order valence-electron chi connectivity index (χ2n) is 5.22. The molecule has 0 spiro atoms. The molecule has 0 aliphatic carbocycles. The summed E-state index contributed by atoms with van der Waals surface area (Å²) in [6.45, 7) is 2.66. The summed E-state index contributed by atoms with van der Waals surface area (Å²) in [6, 6.07) is 4.04. The van der Waals surface area contributed by atoms with Crippen molar-refractivity contribution in [3.05, 3.63) is 29.6 Å². The van der Waals surface area contributed by atoms with E-state index in [1.54, 1.807) is 0 Å². The van der Waals surface area contributed by atoms with E-state index >= 15 is 0 Å². The van der Waals surface area contributed by atoms with Gasteiger partial charge >= 0.3 is 0 Å². The Hall–Kier alpha value is -1.62. The number of nitrogens with one attached hydrogen (secondary N) is 1. The summed E-state index contributed by atoms with van der Waals surface area (Å²) >= 11 is 0. The quantitative estimate of drug-likeness (QED) is 0.814. The maximum absolute atomic E-state index is 13.5. The molecule has 0 aromatic heterocycles. The Morgan fingerprint density at radius 2 is 2.37 bits per heavy atom. The highest BCUT2D eigenvalue weighted by molar-refractivity contribution is 5.95. The standard InChI is InChI=1S/C14H20FN3O/c1-18-6-2-3-10(9-18)8-17-14(19)12-7-11(16)4-5-13(12)15/h4-5,7,10H,2-3,6,8-9,16H2,1H3,(H,17,19). The van der Waals surface area contributed by atoms with Crippen LogP contribution in [0.25, 0.3) is 0 Å². The number of rotatable bonds is 3. The first-order valence-corrected chi connectivity index (χ1v) is 6.58. The first-order valence-electron chi connectivity index (χ1n) is 6.58. The SMILES string of the molecule is CN1CCCC(CNC(=O)c2cc(N)ccc2F)C1. The predicted octanol–water partition coefficient (Wildman–Crippen LogP) is 1.48. The van der Waals surface area contributed by atoms with Crippen LogP contribution >= 0.6 is 0 Å². The molecule has 1 amide bonds. The second-order valence-corrected chi connectivity index (χ2v) is 5.22. The number of anilines is 1. The molecular weight excluding hydrogens is 245 g/mol. The van der Waals surface area contributed by atoms with Crippen LogP contribution in [-0.4, -0.2) is 37.5 Å². The van der Waals surface area contributed by atoms with Gasteiger partial charge < -0.3 is 16.0 Å². The second kappa shape index (κ2) is 6.02. The molecule has 0 bridgehead atoms. The lowest BCUT2D eigenvalue weighted by atomic mass is 9.98. The molecule has 1 unspecified atom stereocenters. The van der Waals surface area contributed by atoms with Crippen LogP contribution in [0.1, 0.15) is 23.2 Å². The van der Waals surface area contributed by atoms with Crippen molar-refractivity contribution in [3.8, 4) is 0 Å². The monoisotopic (exact) mass is 265 g/mol. The predicted molar refractivity (Wildman–Crippen MR) is 73.4 cm³/mol. The van der Waals surface area contributed by atoms with Crippen molar-refractivity contribution in [3.63, 3.8) is 0 Å². The largest absolute Gasteiger partial charge is 0.399 e. The normalized spacial score (nSPS) is 20.2. The minimum Gasteiger partial charge on any atom is -0.399 e. The number of likely N-dealkylation sites (tertiary alicyclic amines) is 1. The molecule has 19 heavy (non-hydrogen) atoms. The van der Waals surface area contributed by atoms with Crippen molar-refractivity contribution in [2.24, 2.45) is 5.92 Å². The van der Waals surface area contributed by atoms with Crippen LogP contribution in [0.4, 0.5) is 10.1 Å². The van der Waals surface area contributed by atoms with Gasteiger partial charge in [-0.1, -0.05) is 0 Å². The zero-order valence-corrected chi connectivity index (χ0v) is 11.2. The summed E-state index contributed by atoms with van der Waals surface area (Å²) in [5.74, 6) is -0.489. The molecule has 1 aliphatic heterocycles. The summed E-state index contributed by atoms with van der Waals surface area (Å²) in [7, 11) is 2.07. The third-order valence-electron chi connectivity index (χ3n) is 3.51. The van der Waals surface area contributed by atoms with E-state index in [1.807, 2.05) is 0 Å². The fraction of sp³-hybridized carbons (Fsp3) is 0.500. The van der Waals surface area contributed by atoms with Crippen molar-refractivity contribution in [2.75, 3.05) is 32.4 Å². The Morgan fingerprint density at radius 1 is 1.58 bits per heavy atom. The van der Waals surface area contributed by atoms with E-state index in [0.717, 1.165) is 25.9 Å². The lowest BCUT2D eigenvalue weighted by Gasteiger charge is -2.29. The van der Waals surface area contributed by atoms with Crippen LogP contribution in [0.15, 0.2) is 18.2 Å². The number of piperidine rings is 1. The zero-order chi connectivity index (χ0) is 13.8. The topological polar surface area (TPSA) is 58.4 Å².